The zero-order valence-electron chi connectivity index (χ0n) is 21.0. The highest BCUT2D eigenvalue weighted by molar-refractivity contribution is 7.13. The Kier molecular flexibility index (Phi) is 6.52. The molecule has 0 unspecified atom stereocenters. The molecule has 0 bridgehead atoms. The van der Waals surface area contributed by atoms with Crippen LogP contribution in [0.1, 0.15) is 68.6 Å². The summed E-state index contributed by atoms with van der Waals surface area (Å²) < 4.78 is 0. The zero-order chi connectivity index (χ0) is 25.4. The molecular formula is C29H31N3O2S. The summed E-state index contributed by atoms with van der Waals surface area (Å²) in [5.74, 6) is 0.0130. The topological polar surface area (TPSA) is 74.6 Å². The van der Waals surface area contributed by atoms with Crippen molar-refractivity contribution in [2.75, 3.05) is 0 Å². The van der Waals surface area contributed by atoms with Gasteiger partial charge in [0.05, 0.1) is 27.9 Å². The number of hydrogen-bond acceptors (Lipinski definition) is 5. The van der Waals surface area contributed by atoms with E-state index in [4.69, 9.17) is 4.98 Å². The van der Waals surface area contributed by atoms with Crippen molar-refractivity contribution in [3.63, 3.8) is 0 Å². The summed E-state index contributed by atoms with van der Waals surface area (Å²) in [4.78, 5) is 18.9. The lowest BCUT2D eigenvalue weighted by atomic mass is 9.78. The number of nitrogens with one attached hydrogen (secondary N) is 1. The molecule has 0 aliphatic carbocycles. The number of thiophene rings is 1. The predicted octanol–water partition coefficient (Wildman–Crippen LogP) is 7.03. The summed E-state index contributed by atoms with van der Waals surface area (Å²) in [6, 6.07) is 17.2. The maximum Gasteiger partial charge on any atom is 0.272 e. The number of hydrazone groups is 1. The highest BCUT2D eigenvalue weighted by Gasteiger charge is 2.26. The number of amides is 1. The third-order valence-corrected chi connectivity index (χ3v) is 6.75. The van der Waals surface area contributed by atoms with Gasteiger partial charge in [-0.2, -0.15) is 5.10 Å². The van der Waals surface area contributed by atoms with E-state index in [0.29, 0.717) is 11.3 Å². The van der Waals surface area contributed by atoms with E-state index >= 15 is 0 Å². The second-order valence-electron chi connectivity index (χ2n) is 10.7. The first-order valence-electron chi connectivity index (χ1n) is 11.6. The largest absolute Gasteiger partial charge is 0.507 e. The fourth-order valence-corrected chi connectivity index (χ4v) is 4.70. The van der Waals surface area contributed by atoms with Gasteiger partial charge in [0.25, 0.3) is 5.91 Å². The number of benzene rings is 2. The van der Waals surface area contributed by atoms with E-state index in [1.54, 1.807) is 17.6 Å². The van der Waals surface area contributed by atoms with Crippen LogP contribution in [0.15, 0.2) is 65.1 Å². The SMILES string of the molecule is CC(C)(C)c1cc(C=NNC(=O)c2cc(-c3cccs3)nc3ccccc23)cc(C(C)(C)C)c1O. The van der Waals surface area contributed by atoms with Gasteiger partial charge in [0, 0.05) is 16.5 Å². The van der Waals surface area contributed by atoms with Crippen LogP contribution in [0, 0.1) is 0 Å². The van der Waals surface area contributed by atoms with Crippen molar-refractivity contribution >= 4 is 34.4 Å². The van der Waals surface area contributed by atoms with Crippen LogP contribution in [0.4, 0.5) is 0 Å². The van der Waals surface area contributed by atoms with Crippen molar-refractivity contribution < 1.29 is 9.90 Å². The minimum absolute atomic E-state index is 0.245. The van der Waals surface area contributed by atoms with E-state index in [1.165, 1.54) is 0 Å². The van der Waals surface area contributed by atoms with Crippen LogP contribution in [0.5, 0.6) is 5.75 Å². The lowest BCUT2D eigenvalue weighted by Gasteiger charge is -2.27. The minimum atomic E-state index is -0.302. The average Bonchev–Trinajstić information content (AvgIpc) is 3.32. The number of carbonyl (C=O) groups is 1. The van der Waals surface area contributed by atoms with Gasteiger partial charge in [0.2, 0.25) is 0 Å². The summed E-state index contributed by atoms with van der Waals surface area (Å²) in [7, 11) is 0. The average molecular weight is 486 g/mol. The van der Waals surface area contributed by atoms with Crippen LogP contribution in [-0.4, -0.2) is 22.2 Å². The molecule has 35 heavy (non-hydrogen) atoms. The molecule has 0 aliphatic heterocycles. The zero-order valence-corrected chi connectivity index (χ0v) is 21.8. The van der Waals surface area contributed by atoms with Crippen molar-refractivity contribution in [1.29, 1.82) is 0 Å². The Labute approximate surface area is 210 Å². The maximum absolute atomic E-state index is 13.2. The van der Waals surface area contributed by atoms with Crippen LogP contribution in [0.3, 0.4) is 0 Å². The highest BCUT2D eigenvalue weighted by Crippen LogP contribution is 2.39. The van der Waals surface area contributed by atoms with Crippen molar-refractivity contribution in [2.24, 2.45) is 5.10 Å². The molecule has 4 rings (SSSR count). The van der Waals surface area contributed by atoms with Crippen LogP contribution < -0.4 is 5.43 Å². The molecule has 0 atom stereocenters. The number of aromatic nitrogens is 1. The lowest BCUT2D eigenvalue weighted by molar-refractivity contribution is 0.0956. The molecule has 0 spiro atoms. The first-order valence-corrected chi connectivity index (χ1v) is 12.5. The number of carbonyl (C=O) groups excluding carboxylic acids is 1. The van der Waals surface area contributed by atoms with Crippen LogP contribution in [-0.2, 0) is 10.8 Å². The molecule has 0 saturated heterocycles. The predicted molar refractivity (Wildman–Crippen MR) is 146 cm³/mol. The number of phenols is 1. The van der Waals surface area contributed by atoms with Gasteiger partial charge < -0.3 is 5.11 Å². The molecule has 2 aromatic carbocycles. The summed E-state index contributed by atoms with van der Waals surface area (Å²) in [6.45, 7) is 12.4. The molecule has 5 nitrogen and oxygen atoms in total. The number of nitrogens with zero attached hydrogens (tertiary/aromatic N) is 2. The van der Waals surface area contributed by atoms with Crippen molar-refractivity contribution in [2.45, 2.75) is 52.4 Å². The molecule has 0 radical (unpaired) electrons. The Morgan fingerprint density at radius 2 is 1.63 bits per heavy atom. The number of para-hydroxylation sites is 1. The van der Waals surface area contributed by atoms with Gasteiger partial charge in [0.1, 0.15) is 5.75 Å². The quantitative estimate of drug-likeness (QED) is 0.241. The smallest absolute Gasteiger partial charge is 0.272 e. The molecule has 0 aliphatic rings. The molecular weight excluding hydrogens is 454 g/mol. The van der Waals surface area contributed by atoms with Crippen molar-refractivity contribution in [1.82, 2.24) is 10.4 Å². The lowest BCUT2D eigenvalue weighted by Crippen LogP contribution is -2.19. The number of phenolic OH excluding ortho intramolecular Hbond substituents is 1. The van der Waals surface area contributed by atoms with Crippen molar-refractivity contribution in [3.05, 3.63) is 82.2 Å². The molecule has 4 aromatic rings. The molecule has 180 valence electrons. The minimum Gasteiger partial charge on any atom is -0.507 e. The van der Waals surface area contributed by atoms with E-state index in [2.05, 4.69) is 52.1 Å². The van der Waals surface area contributed by atoms with Gasteiger partial charge in [-0.3, -0.25) is 4.79 Å². The number of aromatic hydroxyl groups is 1. The highest BCUT2D eigenvalue weighted by atomic mass is 32.1. The third-order valence-electron chi connectivity index (χ3n) is 5.86. The van der Waals surface area contributed by atoms with Gasteiger partial charge >= 0.3 is 0 Å². The Morgan fingerprint density at radius 1 is 0.971 bits per heavy atom. The molecule has 6 heteroatoms. The van der Waals surface area contributed by atoms with Crippen LogP contribution in [0.2, 0.25) is 0 Å². The van der Waals surface area contributed by atoms with Gasteiger partial charge in [0.15, 0.2) is 0 Å². The van der Waals surface area contributed by atoms with E-state index < -0.39 is 0 Å². The molecule has 2 N–H and O–H groups in total. The Hall–Kier alpha value is -3.51. The van der Waals surface area contributed by atoms with Crippen LogP contribution >= 0.6 is 11.3 Å². The Bertz CT molecular complexity index is 1370. The monoisotopic (exact) mass is 485 g/mol. The molecule has 2 aromatic heterocycles. The third kappa shape index (κ3) is 5.28. The molecule has 0 saturated carbocycles. The molecule has 0 fully saturated rings. The van der Waals surface area contributed by atoms with Crippen molar-refractivity contribution in [3.8, 4) is 16.3 Å². The molecule has 2 heterocycles. The van der Waals surface area contributed by atoms with Crippen LogP contribution in [0.25, 0.3) is 21.5 Å². The second kappa shape index (κ2) is 9.27. The Morgan fingerprint density at radius 3 is 2.23 bits per heavy atom. The fourth-order valence-electron chi connectivity index (χ4n) is 4.01. The number of rotatable bonds is 4. The summed E-state index contributed by atoms with van der Waals surface area (Å²) >= 11 is 1.58. The number of fused-ring (bicyclic) bond motifs is 1. The van der Waals surface area contributed by atoms with E-state index in [0.717, 1.165) is 38.2 Å². The van der Waals surface area contributed by atoms with Gasteiger partial charge in [-0.1, -0.05) is 65.8 Å². The number of hydrogen-bond donors (Lipinski definition) is 2. The fraction of sp³-hybridized carbons (Fsp3) is 0.276. The van der Waals surface area contributed by atoms with Gasteiger partial charge in [-0.25, -0.2) is 10.4 Å². The van der Waals surface area contributed by atoms with E-state index in [-0.39, 0.29) is 16.7 Å². The summed E-state index contributed by atoms with van der Waals surface area (Å²) in [5, 5.41) is 18.0. The van der Waals surface area contributed by atoms with E-state index in [9.17, 15) is 9.90 Å². The first-order chi connectivity index (χ1) is 16.4. The van der Waals surface area contributed by atoms with Gasteiger partial charge in [-0.15, -0.1) is 11.3 Å². The summed E-state index contributed by atoms with van der Waals surface area (Å²) in [6.07, 6.45) is 1.63. The maximum atomic E-state index is 13.2. The first kappa shape index (κ1) is 24.6. The van der Waals surface area contributed by atoms with E-state index in [1.807, 2.05) is 60.0 Å². The number of pyridine rings is 1. The standard InChI is InChI=1S/C29H31N3O2S/c1-28(2,3)21-14-18(15-22(26(21)33)29(4,5)6)17-30-32-27(34)20-16-24(25-12-9-13-35-25)31-23-11-8-7-10-19(20)23/h7-17,33H,1-6H3,(H,32,34). The molecule has 1 amide bonds. The van der Waals surface area contributed by atoms with Gasteiger partial charge in [-0.05, 0) is 52.1 Å². The second-order valence-corrected chi connectivity index (χ2v) is 11.7. The Balaban J connectivity index is 1.68. The summed E-state index contributed by atoms with van der Waals surface area (Å²) in [5.41, 5.74) is 6.75. The normalized spacial score (nSPS) is 12.4.